The molecule has 0 heterocycles. The van der Waals surface area contributed by atoms with E-state index in [9.17, 15) is 0 Å². The lowest BCUT2D eigenvalue weighted by molar-refractivity contribution is -0.0985. The number of ether oxygens (including phenoxy) is 3. The second-order valence-corrected chi connectivity index (χ2v) is 10.3. The third-order valence-corrected chi connectivity index (χ3v) is 8.72. The lowest BCUT2D eigenvalue weighted by Crippen LogP contribution is -2.55. The first-order chi connectivity index (χ1) is 12.7. The Morgan fingerprint density at radius 3 is 2.19 bits per heavy atom. The van der Waals surface area contributed by atoms with Gasteiger partial charge in [-0.05, 0) is 54.8 Å². The summed E-state index contributed by atoms with van der Waals surface area (Å²) in [6.45, 7) is 10.1. The predicted molar refractivity (Wildman–Crippen MR) is 109 cm³/mol. The summed E-state index contributed by atoms with van der Waals surface area (Å²) in [7, 11) is 5.27. The Balaban J connectivity index is 1.89. The maximum absolute atomic E-state index is 5.89. The Hall–Kier alpha value is -1.38. The maximum atomic E-state index is 5.89. The van der Waals surface area contributed by atoms with Gasteiger partial charge in [-0.2, -0.15) is 0 Å². The third kappa shape index (κ3) is 2.39. The Kier molecular flexibility index (Phi) is 4.25. The van der Waals surface area contributed by atoms with Gasteiger partial charge in [0.25, 0.3) is 0 Å². The molecule has 0 aliphatic heterocycles. The van der Waals surface area contributed by atoms with Gasteiger partial charge >= 0.3 is 0 Å². The molecule has 4 atom stereocenters. The lowest BCUT2D eigenvalue weighted by Gasteiger charge is -2.61. The first-order valence-electron chi connectivity index (χ1n) is 10.5. The van der Waals surface area contributed by atoms with Crippen molar-refractivity contribution in [1.82, 2.24) is 0 Å². The van der Waals surface area contributed by atoms with E-state index in [4.69, 9.17) is 14.2 Å². The van der Waals surface area contributed by atoms with Crippen molar-refractivity contribution in [2.45, 2.75) is 71.6 Å². The third-order valence-electron chi connectivity index (χ3n) is 8.72. The Morgan fingerprint density at radius 1 is 0.852 bits per heavy atom. The van der Waals surface area contributed by atoms with E-state index >= 15 is 0 Å². The van der Waals surface area contributed by atoms with Crippen LogP contribution in [0.25, 0.3) is 0 Å². The molecule has 0 saturated heterocycles. The smallest absolute Gasteiger partial charge is 0.164 e. The minimum absolute atomic E-state index is 0.152. The predicted octanol–water partition coefficient (Wildman–Crippen LogP) is 5.77. The molecule has 150 valence electrons. The van der Waals surface area contributed by atoms with Crippen molar-refractivity contribution in [3.63, 3.8) is 0 Å². The fourth-order valence-electron chi connectivity index (χ4n) is 7.64. The Bertz CT molecular complexity index is 752. The molecular weight excluding hydrogens is 336 g/mol. The van der Waals surface area contributed by atoms with Crippen LogP contribution in [0.1, 0.15) is 70.9 Å². The van der Waals surface area contributed by atoms with Crippen LogP contribution in [-0.4, -0.2) is 21.3 Å². The molecule has 3 aliphatic carbocycles. The molecule has 0 spiro atoms. The minimum atomic E-state index is 0.152. The van der Waals surface area contributed by atoms with Crippen molar-refractivity contribution in [2.24, 2.45) is 22.7 Å². The summed E-state index contributed by atoms with van der Waals surface area (Å²) in [5, 5.41) is 0. The number of methoxy groups -OCH3 is 3. The van der Waals surface area contributed by atoms with E-state index in [2.05, 4.69) is 27.7 Å². The highest BCUT2D eigenvalue weighted by molar-refractivity contribution is 5.63. The zero-order valence-corrected chi connectivity index (χ0v) is 18.2. The standard InChI is InChI=1S/C24H36O3/c1-22(2)10-8-11-23(3)18(22)9-12-24(4)19(23)13-15-20(24)16(25-5)14-17(26-6)21(15)27-7/h14,18-19H,8-13H2,1-7H3/t18-,19+,23-,24+/m0/s1. The van der Waals surface area contributed by atoms with Crippen molar-refractivity contribution >= 4 is 0 Å². The first kappa shape index (κ1) is 19.0. The minimum Gasteiger partial charge on any atom is -0.496 e. The van der Waals surface area contributed by atoms with Crippen LogP contribution < -0.4 is 14.2 Å². The van der Waals surface area contributed by atoms with E-state index in [0.29, 0.717) is 16.7 Å². The monoisotopic (exact) mass is 372 g/mol. The van der Waals surface area contributed by atoms with Gasteiger partial charge in [-0.15, -0.1) is 0 Å². The Morgan fingerprint density at radius 2 is 1.56 bits per heavy atom. The number of hydrogen-bond donors (Lipinski definition) is 0. The van der Waals surface area contributed by atoms with Crippen molar-refractivity contribution in [3.8, 4) is 17.2 Å². The van der Waals surface area contributed by atoms with E-state index in [1.807, 2.05) is 6.07 Å². The van der Waals surface area contributed by atoms with E-state index in [1.165, 1.54) is 43.2 Å². The van der Waals surface area contributed by atoms with Crippen LogP contribution in [-0.2, 0) is 11.8 Å². The molecule has 0 N–H and O–H groups in total. The van der Waals surface area contributed by atoms with E-state index in [0.717, 1.165) is 29.6 Å². The van der Waals surface area contributed by atoms with Crippen molar-refractivity contribution < 1.29 is 14.2 Å². The molecule has 0 aromatic heterocycles. The van der Waals surface area contributed by atoms with Crippen molar-refractivity contribution in [3.05, 3.63) is 17.2 Å². The number of hydrogen-bond acceptors (Lipinski definition) is 3. The molecule has 3 nitrogen and oxygen atoms in total. The number of fused-ring (bicyclic) bond motifs is 5. The zero-order valence-electron chi connectivity index (χ0n) is 18.2. The van der Waals surface area contributed by atoms with Gasteiger partial charge in [0.15, 0.2) is 11.5 Å². The SMILES string of the molecule is COc1cc(OC)c2c(c1OC)C[C@@H]1[C@@]3(C)CCCC(C)(C)[C@@H]3CC[C@@]21C. The van der Waals surface area contributed by atoms with Crippen LogP contribution in [0.2, 0.25) is 0 Å². The molecule has 3 heteroatoms. The normalized spacial score (nSPS) is 36.4. The first-order valence-corrected chi connectivity index (χ1v) is 10.5. The molecule has 0 bridgehead atoms. The lowest BCUT2D eigenvalue weighted by atomic mass is 9.43. The van der Waals surface area contributed by atoms with Gasteiger partial charge in [0.2, 0.25) is 0 Å². The quantitative estimate of drug-likeness (QED) is 0.674. The summed E-state index contributed by atoms with van der Waals surface area (Å²) in [5.74, 6) is 4.11. The van der Waals surface area contributed by atoms with E-state index < -0.39 is 0 Å². The molecule has 1 aromatic carbocycles. The van der Waals surface area contributed by atoms with E-state index in [1.54, 1.807) is 21.3 Å². The van der Waals surface area contributed by atoms with E-state index in [-0.39, 0.29) is 5.41 Å². The molecule has 27 heavy (non-hydrogen) atoms. The summed E-state index contributed by atoms with van der Waals surface area (Å²) >= 11 is 0. The number of benzene rings is 1. The average Bonchev–Trinajstić information content (AvgIpc) is 2.94. The van der Waals surface area contributed by atoms with Gasteiger partial charge in [-0.1, -0.05) is 34.1 Å². The largest absolute Gasteiger partial charge is 0.496 e. The topological polar surface area (TPSA) is 27.7 Å². The summed E-state index contributed by atoms with van der Waals surface area (Å²) in [4.78, 5) is 0. The highest BCUT2D eigenvalue weighted by atomic mass is 16.5. The van der Waals surface area contributed by atoms with Crippen LogP contribution in [0.3, 0.4) is 0 Å². The van der Waals surface area contributed by atoms with Gasteiger partial charge in [0.1, 0.15) is 5.75 Å². The van der Waals surface area contributed by atoms with Gasteiger partial charge < -0.3 is 14.2 Å². The summed E-state index contributed by atoms with van der Waals surface area (Å²) in [5.41, 5.74) is 3.67. The molecule has 0 unspecified atom stereocenters. The maximum Gasteiger partial charge on any atom is 0.164 e. The summed E-state index contributed by atoms with van der Waals surface area (Å²) in [6.07, 6.45) is 7.68. The molecule has 4 rings (SSSR count). The molecule has 3 aliphatic rings. The highest BCUT2D eigenvalue weighted by Gasteiger charge is 2.62. The van der Waals surface area contributed by atoms with Crippen molar-refractivity contribution in [1.29, 1.82) is 0 Å². The fourth-order valence-corrected chi connectivity index (χ4v) is 7.64. The zero-order chi connectivity index (χ0) is 19.6. The Labute approximate surface area is 164 Å². The highest BCUT2D eigenvalue weighted by Crippen LogP contribution is 2.69. The van der Waals surface area contributed by atoms with Gasteiger partial charge in [-0.3, -0.25) is 0 Å². The molecule has 2 saturated carbocycles. The fraction of sp³-hybridized carbons (Fsp3) is 0.750. The number of rotatable bonds is 3. The average molecular weight is 373 g/mol. The van der Waals surface area contributed by atoms with Crippen LogP contribution in [0.4, 0.5) is 0 Å². The molecular formula is C24H36O3. The van der Waals surface area contributed by atoms with Crippen molar-refractivity contribution in [2.75, 3.05) is 21.3 Å². The molecule has 0 amide bonds. The molecule has 1 aromatic rings. The van der Waals surface area contributed by atoms with Gasteiger partial charge in [0.05, 0.1) is 21.3 Å². The van der Waals surface area contributed by atoms with Crippen LogP contribution >= 0.6 is 0 Å². The van der Waals surface area contributed by atoms with Crippen LogP contribution in [0.15, 0.2) is 6.07 Å². The second kappa shape index (κ2) is 6.06. The molecule has 0 radical (unpaired) electrons. The molecule has 2 fully saturated rings. The van der Waals surface area contributed by atoms with Crippen LogP contribution in [0, 0.1) is 22.7 Å². The second-order valence-electron chi connectivity index (χ2n) is 10.3. The summed E-state index contributed by atoms with van der Waals surface area (Å²) in [6, 6.07) is 2.03. The van der Waals surface area contributed by atoms with Gasteiger partial charge in [-0.25, -0.2) is 0 Å². The summed E-state index contributed by atoms with van der Waals surface area (Å²) < 4.78 is 17.4. The van der Waals surface area contributed by atoms with Crippen LogP contribution in [0.5, 0.6) is 17.2 Å². The van der Waals surface area contributed by atoms with Gasteiger partial charge in [0, 0.05) is 22.6 Å².